The molecule has 2 heterocycles. The molecule has 140 valence electrons. The van der Waals surface area contributed by atoms with Gasteiger partial charge in [-0.1, -0.05) is 11.2 Å². The molecule has 0 radical (unpaired) electrons. The molecular formula is C18H24BrN5O2. The fraction of sp³-hybridized carbons (Fsp3) is 0.444. The molecule has 1 aliphatic heterocycles. The molecule has 0 atom stereocenters. The Kier molecular flexibility index (Phi) is 6.51. The fourth-order valence-electron chi connectivity index (χ4n) is 3.00. The molecule has 0 aliphatic carbocycles. The summed E-state index contributed by atoms with van der Waals surface area (Å²) in [5, 5.41) is 7.43. The fourth-order valence-corrected chi connectivity index (χ4v) is 3.59. The quantitative estimate of drug-likeness (QED) is 0.590. The summed E-state index contributed by atoms with van der Waals surface area (Å²) in [6.07, 6.45) is 1.62. The number of nitrogens with zero attached hydrogens (tertiary/aromatic N) is 4. The van der Waals surface area contributed by atoms with Gasteiger partial charge in [0.2, 0.25) is 0 Å². The number of guanidine groups is 1. The highest BCUT2D eigenvalue weighted by molar-refractivity contribution is 9.10. The Morgan fingerprint density at radius 3 is 2.73 bits per heavy atom. The summed E-state index contributed by atoms with van der Waals surface area (Å²) >= 11 is 3.53. The lowest BCUT2D eigenvalue weighted by Gasteiger charge is -2.36. The van der Waals surface area contributed by atoms with Crippen LogP contribution >= 0.6 is 15.9 Å². The van der Waals surface area contributed by atoms with Crippen molar-refractivity contribution in [3.05, 3.63) is 46.3 Å². The third-order valence-corrected chi connectivity index (χ3v) is 5.05. The first-order valence-corrected chi connectivity index (χ1v) is 9.38. The van der Waals surface area contributed by atoms with Crippen LogP contribution in [0.15, 0.2) is 44.5 Å². The van der Waals surface area contributed by atoms with Gasteiger partial charge in [0.05, 0.1) is 17.3 Å². The van der Waals surface area contributed by atoms with Crippen LogP contribution in [0.3, 0.4) is 0 Å². The molecule has 1 N–H and O–H groups in total. The van der Waals surface area contributed by atoms with Gasteiger partial charge in [0.25, 0.3) is 0 Å². The highest BCUT2D eigenvalue weighted by Gasteiger charge is 2.20. The molecule has 26 heavy (non-hydrogen) atoms. The molecule has 8 heteroatoms. The zero-order valence-electron chi connectivity index (χ0n) is 15.1. The topological polar surface area (TPSA) is 66.1 Å². The Labute approximate surface area is 162 Å². The molecule has 0 bridgehead atoms. The van der Waals surface area contributed by atoms with Crippen LogP contribution in [0.1, 0.15) is 11.3 Å². The van der Waals surface area contributed by atoms with Crippen molar-refractivity contribution in [1.82, 2.24) is 20.3 Å². The number of methoxy groups -OCH3 is 1. The van der Waals surface area contributed by atoms with Gasteiger partial charge in [0, 0.05) is 52.4 Å². The first-order chi connectivity index (χ1) is 12.7. The zero-order chi connectivity index (χ0) is 18.4. The van der Waals surface area contributed by atoms with Gasteiger partial charge in [-0.05, 0) is 33.6 Å². The first-order valence-electron chi connectivity index (χ1n) is 8.59. The van der Waals surface area contributed by atoms with E-state index in [4.69, 9.17) is 9.26 Å². The lowest BCUT2D eigenvalue weighted by atomic mass is 10.2. The standard InChI is InChI=1S/C18H24BrN5O2/c1-20-18(21-12-14-3-4-17(25-2)16(19)11-14)24-8-6-23(7-9-24)13-15-5-10-26-22-15/h3-5,10-11H,6-9,12-13H2,1-2H3,(H,20,21). The number of aliphatic imine (C=N–C) groups is 1. The van der Waals surface area contributed by atoms with Crippen molar-refractivity contribution in [1.29, 1.82) is 0 Å². The van der Waals surface area contributed by atoms with Crippen molar-refractivity contribution < 1.29 is 9.26 Å². The second-order valence-corrected chi connectivity index (χ2v) is 6.98. The molecule has 0 amide bonds. The summed E-state index contributed by atoms with van der Waals surface area (Å²) in [5.74, 6) is 1.76. The predicted octanol–water partition coefficient (Wildman–Crippen LogP) is 2.34. The Hall–Kier alpha value is -2.06. The minimum Gasteiger partial charge on any atom is -0.496 e. The number of rotatable bonds is 5. The molecule has 1 saturated heterocycles. The van der Waals surface area contributed by atoms with E-state index in [0.29, 0.717) is 6.54 Å². The summed E-state index contributed by atoms with van der Waals surface area (Å²) in [6.45, 7) is 5.36. The van der Waals surface area contributed by atoms with Gasteiger partial charge in [-0.25, -0.2) is 0 Å². The van der Waals surface area contributed by atoms with Crippen LogP contribution in [0.4, 0.5) is 0 Å². The lowest BCUT2D eigenvalue weighted by molar-refractivity contribution is 0.169. The summed E-state index contributed by atoms with van der Waals surface area (Å²) < 4.78 is 11.1. The number of nitrogens with one attached hydrogen (secondary N) is 1. The molecule has 0 spiro atoms. The van der Waals surface area contributed by atoms with Crippen molar-refractivity contribution in [3.8, 4) is 5.75 Å². The van der Waals surface area contributed by atoms with Gasteiger partial charge >= 0.3 is 0 Å². The van der Waals surface area contributed by atoms with E-state index >= 15 is 0 Å². The maximum absolute atomic E-state index is 5.28. The maximum atomic E-state index is 5.28. The van der Waals surface area contributed by atoms with Crippen LogP contribution in [0.5, 0.6) is 5.75 Å². The van der Waals surface area contributed by atoms with Crippen LogP contribution in [-0.4, -0.2) is 61.3 Å². The van der Waals surface area contributed by atoms with Gasteiger partial charge in [-0.2, -0.15) is 0 Å². The van der Waals surface area contributed by atoms with Gasteiger partial charge in [-0.15, -0.1) is 0 Å². The van der Waals surface area contributed by atoms with E-state index < -0.39 is 0 Å². The number of hydrogen-bond donors (Lipinski definition) is 1. The van der Waals surface area contributed by atoms with E-state index in [1.165, 1.54) is 5.56 Å². The Morgan fingerprint density at radius 2 is 2.12 bits per heavy atom. The number of aromatic nitrogens is 1. The maximum Gasteiger partial charge on any atom is 0.194 e. The van der Waals surface area contributed by atoms with E-state index in [-0.39, 0.29) is 0 Å². The molecule has 1 fully saturated rings. The molecule has 1 aromatic heterocycles. The van der Waals surface area contributed by atoms with E-state index in [0.717, 1.165) is 54.6 Å². The average molecular weight is 422 g/mol. The minimum atomic E-state index is 0.717. The summed E-state index contributed by atoms with van der Waals surface area (Å²) in [7, 11) is 3.50. The van der Waals surface area contributed by atoms with Gasteiger partial charge in [0.1, 0.15) is 12.0 Å². The van der Waals surface area contributed by atoms with Crippen LogP contribution in [0.2, 0.25) is 0 Å². The van der Waals surface area contributed by atoms with Crippen LogP contribution in [0, 0.1) is 0 Å². The van der Waals surface area contributed by atoms with Crippen molar-refractivity contribution in [2.45, 2.75) is 13.1 Å². The van der Waals surface area contributed by atoms with Crippen LogP contribution < -0.4 is 10.1 Å². The third-order valence-electron chi connectivity index (χ3n) is 4.43. The van der Waals surface area contributed by atoms with Crippen molar-refractivity contribution >= 4 is 21.9 Å². The van der Waals surface area contributed by atoms with E-state index in [9.17, 15) is 0 Å². The second kappa shape index (κ2) is 9.05. The Bertz CT molecular complexity index is 727. The van der Waals surface area contributed by atoms with Gasteiger partial charge in [-0.3, -0.25) is 9.89 Å². The number of piperazine rings is 1. The van der Waals surface area contributed by atoms with Crippen molar-refractivity contribution in [2.75, 3.05) is 40.3 Å². The Balaban J connectivity index is 1.49. The van der Waals surface area contributed by atoms with E-state index in [1.807, 2.05) is 19.2 Å². The number of halogens is 1. The number of hydrogen-bond acceptors (Lipinski definition) is 5. The SMILES string of the molecule is CN=C(NCc1ccc(OC)c(Br)c1)N1CCN(Cc2ccon2)CC1. The normalized spacial score (nSPS) is 16.0. The molecule has 2 aromatic rings. The average Bonchev–Trinajstić information content (AvgIpc) is 3.16. The molecule has 3 rings (SSSR count). The third kappa shape index (κ3) is 4.76. The van der Waals surface area contributed by atoms with Gasteiger partial charge < -0.3 is 19.5 Å². The zero-order valence-corrected chi connectivity index (χ0v) is 16.7. The number of ether oxygens (including phenoxy) is 1. The van der Waals surface area contributed by atoms with Crippen LogP contribution in [0.25, 0.3) is 0 Å². The second-order valence-electron chi connectivity index (χ2n) is 6.12. The lowest BCUT2D eigenvalue weighted by Crippen LogP contribution is -2.52. The van der Waals surface area contributed by atoms with Crippen molar-refractivity contribution in [2.24, 2.45) is 4.99 Å². The molecule has 0 unspecified atom stereocenters. The van der Waals surface area contributed by atoms with E-state index in [1.54, 1.807) is 13.4 Å². The molecule has 7 nitrogen and oxygen atoms in total. The molecular weight excluding hydrogens is 398 g/mol. The monoisotopic (exact) mass is 421 g/mol. The van der Waals surface area contributed by atoms with Gasteiger partial charge in [0.15, 0.2) is 5.96 Å². The smallest absolute Gasteiger partial charge is 0.194 e. The molecule has 0 saturated carbocycles. The highest BCUT2D eigenvalue weighted by atomic mass is 79.9. The van der Waals surface area contributed by atoms with E-state index in [2.05, 4.69) is 53.3 Å². The summed E-state index contributed by atoms with van der Waals surface area (Å²) in [6, 6.07) is 8.00. The highest BCUT2D eigenvalue weighted by Crippen LogP contribution is 2.25. The molecule has 1 aliphatic rings. The number of benzene rings is 1. The van der Waals surface area contributed by atoms with Crippen LogP contribution in [-0.2, 0) is 13.1 Å². The minimum absolute atomic E-state index is 0.717. The summed E-state index contributed by atoms with van der Waals surface area (Å²) in [4.78, 5) is 9.10. The summed E-state index contributed by atoms with van der Waals surface area (Å²) in [5.41, 5.74) is 2.15. The van der Waals surface area contributed by atoms with Crippen molar-refractivity contribution in [3.63, 3.8) is 0 Å². The predicted molar refractivity (Wildman–Crippen MR) is 104 cm³/mol. The first kappa shape index (κ1) is 18.7. The Morgan fingerprint density at radius 1 is 1.31 bits per heavy atom. The molecule has 1 aromatic carbocycles. The largest absolute Gasteiger partial charge is 0.496 e.